The van der Waals surface area contributed by atoms with Crippen LogP contribution < -0.4 is 0 Å². The molecule has 1 fully saturated rings. The van der Waals surface area contributed by atoms with Gasteiger partial charge in [0.2, 0.25) is 5.91 Å². The zero-order valence-corrected chi connectivity index (χ0v) is 15.8. The number of piperidine rings is 1. The van der Waals surface area contributed by atoms with Crippen molar-refractivity contribution in [2.45, 2.75) is 58.0 Å². The van der Waals surface area contributed by atoms with Crippen molar-refractivity contribution in [1.29, 1.82) is 0 Å². The molecule has 1 saturated heterocycles. The van der Waals surface area contributed by atoms with Crippen LogP contribution in [-0.4, -0.2) is 39.1 Å². The lowest BCUT2D eigenvalue weighted by Crippen LogP contribution is -2.42. The lowest BCUT2D eigenvalue weighted by Gasteiger charge is -2.33. The quantitative estimate of drug-likeness (QED) is 0.618. The van der Waals surface area contributed by atoms with Gasteiger partial charge in [0.05, 0.1) is 5.75 Å². The largest absolute Gasteiger partial charge is 0.339 e. The maximum Gasteiger partial charge on any atom is 0.233 e. The summed E-state index contributed by atoms with van der Waals surface area (Å²) in [6.45, 7) is 9.20. The second-order valence-corrected chi connectivity index (χ2v) is 8.43. The number of aromatic nitrogens is 2. The molecule has 3 rings (SSSR count). The van der Waals surface area contributed by atoms with E-state index in [2.05, 4.69) is 30.7 Å². The van der Waals surface area contributed by atoms with Crippen LogP contribution in [-0.2, 0) is 4.79 Å². The summed E-state index contributed by atoms with van der Waals surface area (Å²) in [4.78, 5) is 26.0. The maximum atomic E-state index is 12.6. The van der Waals surface area contributed by atoms with E-state index in [9.17, 15) is 4.79 Å². The SMILES string of the molecule is Cc1nc(SCC(=O)N2CCCCC2C)c2c(C)c(C)sc2n1. The molecule has 0 spiro atoms. The van der Waals surface area contributed by atoms with Gasteiger partial charge in [0.1, 0.15) is 15.7 Å². The summed E-state index contributed by atoms with van der Waals surface area (Å²) in [7, 11) is 0. The van der Waals surface area contributed by atoms with Crippen LogP contribution in [0.25, 0.3) is 10.2 Å². The van der Waals surface area contributed by atoms with E-state index in [0.717, 1.165) is 40.5 Å². The fraction of sp³-hybridized carbons (Fsp3) is 0.588. The number of hydrogen-bond donors (Lipinski definition) is 0. The van der Waals surface area contributed by atoms with E-state index in [0.29, 0.717) is 11.8 Å². The highest BCUT2D eigenvalue weighted by molar-refractivity contribution is 8.00. The Kier molecular flexibility index (Phi) is 4.92. The average Bonchev–Trinajstić information content (AvgIpc) is 2.79. The van der Waals surface area contributed by atoms with E-state index < -0.39 is 0 Å². The molecule has 23 heavy (non-hydrogen) atoms. The number of carbonyl (C=O) groups is 1. The second kappa shape index (κ2) is 6.77. The van der Waals surface area contributed by atoms with Gasteiger partial charge < -0.3 is 4.90 Å². The van der Waals surface area contributed by atoms with Gasteiger partial charge in [-0.05, 0) is 52.5 Å². The Balaban J connectivity index is 1.80. The molecule has 6 heteroatoms. The van der Waals surface area contributed by atoms with Gasteiger partial charge in [-0.25, -0.2) is 9.97 Å². The molecule has 0 bridgehead atoms. The highest BCUT2D eigenvalue weighted by atomic mass is 32.2. The first-order chi connectivity index (χ1) is 11.0. The average molecular weight is 350 g/mol. The molecule has 2 aromatic rings. The van der Waals surface area contributed by atoms with E-state index in [1.807, 2.05) is 11.8 Å². The second-order valence-electron chi connectivity index (χ2n) is 6.26. The van der Waals surface area contributed by atoms with Crippen LogP contribution in [0.2, 0.25) is 0 Å². The van der Waals surface area contributed by atoms with Crippen LogP contribution in [0.3, 0.4) is 0 Å². The van der Waals surface area contributed by atoms with Crippen molar-refractivity contribution < 1.29 is 4.79 Å². The third-order valence-electron chi connectivity index (χ3n) is 4.56. The standard InChI is InChI=1S/C17H23N3OS2/c1-10-7-5-6-8-20(10)14(21)9-22-16-15-11(2)12(3)23-17(15)19-13(4)18-16/h10H,5-9H2,1-4H3. The predicted molar refractivity (Wildman–Crippen MR) is 97.4 cm³/mol. The Morgan fingerprint density at radius 2 is 2.09 bits per heavy atom. The fourth-order valence-corrected chi connectivity index (χ4v) is 5.26. The molecule has 124 valence electrons. The van der Waals surface area contributed by atoms with E-state index in [4.69, 9.17) is 0 Å². The van der Waals surface area contributed by atoms with Gasteiger partial charge in [0.15, 0.2) is 0 Å². The zero-order valence-electron chi connectivity index (χ0n) is 14.2. The number of nitrogens with zero attached hydrogens (tertiary/aromatic N) is 3. The van der Waals surface area contributed by atoms with E-state index >= 15 is 0 Å². The van der Waals surface area contributed by atoms with Crippen molar-refractivity contribution in [2.24, 2.45) is 0 Å². The first-order valence-electron chi connectivity index (χ1n) is 8.14. The molecule has 4 nitrogen and oxygen atoms in total. The number of carbonyl (C=O) groups excluding carboxylic acids is 1. The number of thiophene rings is 1. The van der Waals surface area contributed by atoms with Crippen molar-refractivity contribution in [1.82, 2.24) is 14.9 Å². The molecule has 0 aliphatic carbocycles. The van der Waals surface area contributed by atoms with Crippen LogP contribution in [0, 0.1) is 20.8 Å². The van der Waals surface area contributed by atoms with Crippen molar-refractivity contribution >= 4 is 39.2 Å². The number of hydrogen-bond acceptors (Lipinski definition) is 5. The molecule has 0 aromatic carbocycles. The monoisotopic (exact) mass is 349 g/mol. The van der Waals surface area contributed by atoms with Gasteiger partial charge >= 0.3 is 0 Å². The smallest absolute Gasteiger partial charge is 0.233 e. The highest BCUT2D eigenvalue weighted by Gasteiger charge is 2.23. The Labute approximate surface area is 145 Å². The first kappa shape index (κ1) is 16.7. The maximum absolute atomic E-state index is 12.6. The molecule has 1 aliphatic rings. The molecule has 1 atom stereocenters. The topological polar surface area (TPSA) is 46.1 Å². The summed E-state index contributed by atoms with van der Waals surface area (Å²) >= 11 is 3.27. The van der Waals surface area contributed by atoms with Gasteiger partial charge in [0.25, 0.3) is 0 Å². The summed E-state index contributed by atoms with van der Waals surface area (Å²) in [5.74, 6) is 1.47. The van der Waals surface area contributed by atoms with Crippen LogP contribution in [0.15, 0.2) is 5.03 Å². The Hall–Kier alpha value is -1.14. The minimum Gasteiger partial charge on any atom is -0.339 e. The summed E-state index contributed by atoms with van der Waals surface area (Å²) in [6.07, 6.45) is 3.48. The van der Waals surface area contributed by atoms with Gasteiger partial charge in [-0.1, -0.05) is 11.8 Å². The van der Waals surface area contributed by atoms with Crippen LogP contribution >= 0.6 is 23.1 Å². The molecule has 1 aliphatic heterocycles. The van der Waals surface area contributed by atoms with Crippen LogP contribution in [0.1, 0.15) is 42.5 Å². The molecule has 1 amide bonds. The third-order valence-corrected chi connectivity index (χ3v) is 6.62. The summed E-state index contributed by atoms with van der Waals surface area (Å²) in [5, 5.41) is 2.08. The van der Waals surface area contributed by atoms with Gasteiger partial charge in [0, 0.05) is 22.8 Å². The lowest BCUT2D eigenvalue weighted by atomic mass is 10.0. The zero-order chi connectivity index (χ0) is 16.6. The molecule has 2 aromatic heterocycles. The van der Waals surface area contributed by atoms with Crippen molar-refractivity contribution in [3.8, 4) is 0 Å². The molecule has 1 unspecified atom stereocenters. The number of amides is 1. The summed E-state index contributed by atoms with van der Waals surface area (Å²) in [5.41, 5.74) is 1.24. The minimum absolute atomic E-state index is 0.233. The molecule has 3 heterocycles. The number of thioether (sulfide) groups is 1. The van der Waals surface area contributed by atoms with Gasteiger partial charge in [-0.3, -0.25) is 4.79 Å². The number of rotatable bonds is 3. The van der Waals surface area contributed by atoms with E-state index in [1.165, 1.54) is 16.9 Å². The first-order valence-corrected chi connectivity index (χ1v) is 9.94. The minimum atomic E-state index is 0.233. The number of aryl methyl sites for hydroxylation is 3. The lowest BCUT2D eigenvalue weighted by molar-refractivity contribution is -0.131. The Morgan fingerprint density at radius 1 is 1.30 bits per heavy atom. The van der Waals surface area contributed by atoms with E-state index in [-0.39, 0.29) is 5.91 Å². The fourth-order valence-electron chi connectivity index (χ4n) is 3.10. The highest BCUT2D eigenvalue weighted by Crippen LogP contribution is 2.35. The molecule has 0 radical (unpaired) electrons. The van der Waals surface area contributed by atoms with Crippen molar-refractivity contribution in [3.05, 3.63) is 16.3 Å². The molecule has 0 N–H and O–H groups in total. The van der Waals surface area contributed by atoms with Crippen molar-refractivity contribution in [3.63, 3.8) is 0 Å². The van der Waals surface area contributed by atoms with Gasteiger partial charge in [-0.2, -0.15) is 0 Å². The van der Waals surface area contributed by atoms with Gasteiger partial charge in [-0.15, -0.1) is 11.3 Å². The van der Waals surface area contributed by atoms with E-state index in [1.54, 1.807) is 23.1 Å². The molecular formula is C17H23N3OS2. The van der Waals surface area contributed by atoms with Crippen molar-refractivity contribution in [2.75, 3.05) is 12.3 Å². The Morgan fingerprint density at radius 3 is 2.83 bits per heavy atom. The number of likely N-dealkylation sites (tertiary alicyclic amines) is 1. The summed E-state index contributed by atoms with van der Waals surface area (Å²) in [6, 6.07) is 0.370. The number of fused-ring (bicyclic) bond motifs is 1. The molecule has 0 saturated carbocycles. The predicted octanol–water partition coefficient (Wildman–Crippen LogP) is 4.11. The third kappa shape index (κ3) is 3.38. The van der Waals surface area contributed by atoms with Crippen LogP contribution in [0.4, 0.5) is 0 Å². The normalized spacial score (nSPS) is 18.6. The molecular weight excluding hydrogens is 326 g/mol. The Bertz CT molecular complexity index is 741. The summed E-state index contributed by atoms with van der Waals surface area (Å²) < 4.78 is 0. The van der Waals surface area contributed by atoms with Crippen LogP contribution in [0.5, 0.6) is 0 Å².